The normalized spacial score (nSPS) is 13.4. The Morgan fingerprint density at radius 1 is 1.21 bits per heavy atom. The molecular formula is C18H20N2O4. The van der Waals surface area contributed by atoms with Crippen molar-refractivity contribution < 1.29 is 19.0 Å². The lowest BCUT2D eigenvalue weighted by Gasteiger charge is -2.13. The zero-order valence-electron chi connectivity index (χ0n) is 13.5. The first kappa shape index (κ1) is 16.1. The molecule has 3 rings (SSSR count). The molecule has 0 aliphatic carbocycles. The molecule has 1 aliphatic rings. The molecule has 0 fully saturated rings. The number of fused-ring (bicyclic) bond motifs is 1. The van der Waals surface area contributed by atoms with Crippen LogP contribution in [0.5, 0.6) is 17.2 Å². The molecule has 6 nitrogen and oxygen atoms in total. The Bertz CT molecular complexity index is 715. The highest BCUT2D eigenvalue weighted by Crippen LogP contribution is 2.34. The van der Waals surface area contributed by atoms with E-state index in [0.29, 0.717) is 30.4 Å². The van der Waals surface area contributed by atoms with Crippen molar-refractivity contribution in [3.05, 3.63) is 53.6 Å². The van der Waals surface area contributed by atoms with Crippen molar-refractivity contribution in [1.29, 1.82) is 0 Å². The number of rotatable bonds is 6. The Morgan fingerprint density at radius 3 is 2.75 bits per heavy atom. The minimum Gasteiger partial charge on any atom is -0.492 e. The molecule has 1 amide bonds. The molecule has 126 valence electrons. The Balaban J connectivity index is 1.44. The van der Waals surface area contributed by atoms with Gasteiger partial charge in [0, 0.05) is 6.07 Å². The van der Waals surface area contributed by atoms with Crippen LogP contribution in [0.2, 0.25) is 0 Å². The molecule has 24 heavy (non-hydrogen) atoms. The number of carbonyl (C=O) groups excluding carboxylic acids is 1. The molecule has 0 radical (unpaired) electrons. The Hall–Kier alpha value is -2.73. The number of hydrogen-bond acceptors (Lipinski definition) is 5. The maximum Gasteiger partial charge on any atom is 0.241 e. The van der Waals surface area contributed by atoms with Gasteiger partial charge in [0.2, 0.25) is 12.7 Å². The maximum absolute atomic E-state index is 12.1. The third kappa shape index (κ3) is 3.78. The molecular weight excluding hydrogens is 308 g/mol. The Kier molecular flexibility index (Phi) is 4.86. The van der Waals surface area contributed by atoms with Crippen LogP contribution < -0.4 is 25.3 Å². The number of amides is 1. The highest BCUT2D eigenvalue weighted by molar-refractivity contribution is 5.82. The van der Waals surface area contributed by atoms with Gasteiger partial charge in [-0.1, -0.05) is 29.8 Å². The molecule has 3 N–H and O–H groups in total. The average molecular weight is 328 g/mol. The van der Waals surface area contributed by atoms with Crippen molar-refractivity contribution in [2.45, 2.75) is 13.0 Å². The molecule has 0 saturated heterocycles. The SMILES string of the molecule is Cc1ccc(C(N)C(=O)NCCOc2ccc3c(c2)OCO3)cc1. The Morgan fingerprint density at radius 2 is 1.96 bits per heavy atom. The maximum atomic E-state index is 12.1. The summed E-state index contributed by atoms with van der Waals surface area (Å²) in [5.74, 6) is 1.81. The van der Waals surface area contributed by atoms with Gasteiger partial charge in [-0.25, -0.2) is 0 Å². The van der Waals surface area contributed by atoms with E-state index < -0.39 is 6.04 Å². The monoisotopic (exact) mass is 328 g/mol. The van der Waals surface area contributed by atoms with Crippen LogP contribution in [0.4, 0.5) is 0 Å². The van der Waals surface area contributed by atoms with Gasteiger partial charge in [0.1, 0.15) is 18.4 Å². The van der Waals surface area contributed by atoms with E-state index in [1.165, 1.54) is 0 Å². The molecule has 0 bridgehead atoms. The van der Waals surface area contributed by atoms with Gasteiger partial charge >= 0.3 is 0 Å². The summed E-state index contributed by atoms with van der Waals surface area (Å²) >= 11 is 0. The molecule has 6 heteroatoms. The highest BCUT2D eigenvalue weighted by Gasteiger charge is 2.16. The molecule has 1 aliphatic heterocycles. The van der Waals surface area contributed by atoms with Gasteiger partial charge in [0.05, 0.1) is 6.54 Å². The van der Waals surface area contributed by atoms with E-state index in [-0.39, 0.29) is 12.7 Å². The van der Waals surface area contributed by atoms with E-state index in [1.54, 1.807) is 18.2 Å². The summed E-state index contributed by atoms with van der Waals surface area (Å²) in [7, 11) is 0. The lowest BCUT2D eigenvalue weighted by Crippen LogP contribution is -2.36. The predicted octanol–water partition coefficient (Wildman–Crippen LogP) is 1.92. The van der Waals surface area contributed by atoms with E-state index in [0.717, 1.165) is 11.1 Å². The van der Waals surface area contributed by atoms with E-state index in [1.807, 2.05) is 31.2 Å². The smallest absolute Gasteiger partial charge is 0.241 e. The standard InChI is InChI=1S/C18H20N2O4/c1-12-2-4-13(5-3-12)17(19)18(21)20-8-9-22-14-6-7-15-16(10-14)24-11-23-15/h2-7,10,17H,8-9,11,19H2,1H3,(H,20,21). The number of hydrogen-bond donors (Lipinski definition) is 2. The van der Waals surface area contributed by atoms with Gasteiger partial charge in [-0.3, -0.25) is 4.79 Å². The lowest BCUT2D eigenvalue weighted by atomic mass is 10.1. The van der Waals surface area contributed by atoms with E-state index in [4.69, 9.17) is 19.9 Å². The minimum absolute atomic E-state index is 0.228. The quantitative estimate of drug-likeness (QED) is 0.792. The second-order valence-electron chi connectivity index (χ2n) is 5.54. The molecule has 2 aromatic carbocycles. The molecule has 2 aromatic rings. The van der Waals surface area contributed by atoms with Gasteiger partial charge in [0.15, 0.2) is 11.5 Å². The summed E-state index contributed by atoms with van der Waals surface area (Å²) in [5, 5.41) is 2.77. The fraction of sp³-hybridized carbons (Fsp3) is 0.278. The van der Waals surface area contributed by atoms with Crippen molar-refractivity contribution in [2.24, 2.45) is 5.73 Å². The summed E-state index contributed by atoms with van der Waals surface area (Å²) < 4.78 is 16.1. The second-order valence-corrected chi connectivity index (χ2v) is 5.54. The number of ether oxygens (including phenoxy) is 3. The van der Waals surface area contributed by atoms with Crippen molar-refractivity contribution in [1.82, 2.24) is 5.32 Å². The van der Waals surface area contributed by atoms with Crippen LogP contribution in [-0.4, -0.2) is 25.9 Å². The first-order valence-corrected chi connectivity index (χ1v) is 7.76. The van der Waals surface area contributed by atoms with Crippen LogP contribution >= 0.6 is 0 Å². The predicted molar refractivity (Wildman–Crippen MR) is 89.2 cm³/mol. The third-order valence-electron chi connectivity index (χ3n) is 3.73. The zero-order valence-corrected chi connectivity index (χ0v) is 13.5. The van der Waals surface area contributed by atoms with Crippen LogP contribution in [0, 0.1) is 6.92 Å². The third-order valence-corrected chi connectivity index (χ3v) is 3.73. The van der Waals surface area contributed by atoms with Crippen molar-refractivity contribution >= 4 is 5.91 Å². The van der Waals surface area contributed by atoms with Crippen molar-refractivity contribution in [3.63, 3.8) is 0 Å². The molecule has 1 heterocycles. The summed E-state index contributed by atoms with van der Waals surface area (Å²) in [6.07, 6.45) is 0. The highest BCUT2D eigenvalue weighted by atomic mass is 16.7. The van der Waals surface area contributed by atoms with Gasteiger partial charge in [-0.15, -0.1) is 0 Å². The molecule has 0 aromatic heterocycles. The number of aryl methyl sites for hydroxylation is 1. The molecule has 1 unspecified atom stereocenters. The van der Waals surface area contributed by atoms with E-state index in [9.17, 15) is 4.79 Å². The first-order chi connectivity index (χ1) is 11.6. The topological polar surface area (TPSA) is 82.8 Å². The van der Waals surface area contributed by atoms with Crippen molar-refractivity contribution in [3.8, 4) is 17.2 Å². The lowest BCUT2D eigenvalue weighted by molar-refractivity contribution is -0.122. The van der Waals surface area contributed by atoms with Crippen molar-refractivity contribution in [2.75, 3.05) is 19.9 Å². The average Bonchev–Trinajstić information content (AvgIpc) is 3.06. The minimum atomic E-state index is -0.684. The van der Waals surface area contributed by atoms with Crippen LogP contribution in [0.15, 0.2) is 42.5 Å². The number of nitrogens with one attached hydrogen (secondary N) is 1. The van der Waals surface area contributed by atoms with Gasteiger partial charge in [-0.05, 0) is 24.6 Å². The number of nitrogens with two attached hydrogens (primary N) is 1. The summed E-state index contributed by atoms with van der Waals surface area (Å²) in [5.41, 5.74) is 7.88. The van der Waals surface area contributed by atoms with Gasteiger partial charge < -0.3 is 25.3 Å². The van der Waals surface area contributed by atoms with E-state index in [2.05, 4.69) is 5.32 Å². The summed E-state index contributed by atoms with van der Waals surface area (Å²) in [6.45, 7) is 2.92. The summed E-state index contributed by atoms with van der Waals surface area (Å²) in [6, 6.07) is 12.3. The zero-order chi connectivity index (χ0) is 16.9. The van der Waals surface area contributed by atoms with Gasteiger partial charge in [0.25, 0.3) is 0 Å². The Labute approximate surface area is 140 Å². The number of carbonyl (C=O) groups is 1. The van der Waals surface area contributed by atoms with Crippen LogP contribution in [0.3, 0.4) is 0 Å². The van der Waals surface area contributed by atoms with Crippen LogP contribution in [-0.2, 0) is 4.79 Å². The molecule has 0 spiro atoms. The second kappa shape index (κ2) is 7.23. The fourth-order valence-electron chi connectivity index (χ4n) is 2.34. The largest absolute Gasteiger partial charge is 0.492 e. The fourth-order valence-corrected chi connectivity index (χ4v) is 2.34. The molecule has 0 saturated carbocycles. The van der Waals surface area contributed by atoms with Crippen LogP contribution in [0.25, 0.3) is 0 Å². The first-order valence-electron chi connectivity index (χ1n) is 7.76. The summed E-state index contributed by atoms with van der Waals surface area (Å²) in [4.78, 5) is 12.1. The molecule has 1 atom stereocenters. The van der Waals surface area contributed by atoms with E-state index >= 15 is 0 Å². The number of benzene rings is 2. The van der Waals surface area contributed by atoms with Gasteiger partial charge in [-0.2, -0.15) is 0 Å². The van der Waals surface area contributed by atoms with Crippen LogP contribution in [0.1, 0.15) is 17.2 Å².